The molecule has 0 saturated heterocycles. The van der Waals surface area contributed by atoms with Gasteiger partial charge in [0.25, 0.3) is 0 Å². The fraction of sp³-hybridized carbons (Fsp3) is 0.368. The summed E-state index contributed by atoms with van der Waals surface area (Å²) in [5.41, 5.74) is 2.49. The molecule has 0 aliphatic rings. The van der Waals surface area contributed by atoms with Gasteiger partial charge in [-0.05, 0) is 51.2 Å². The van der Waals surface area contributed by atoms with E-state index in [1.807, 2.05) is 0 Å². The van der Waals surface area contributed by atoms with Crippen LogP contribution >= 0.6 is 27.3 Å². The van der Waals surface area contributed by atoms with Crippen molar-refractivity contribution >= 4 is 43.3 Å². The highest BCUT2D eigenvalue weighted by atomic mass is 79.9. The highest BCUT2D eigenvalue weighted by Gasteiger charge is 2.17. The molecule has 0 aliphatic carbocycles. The van der Waals surface area contributed by atoms with Crippen molar-refractivity contribution in [2.75, 3.05) is 32.5 Å². The Bertz CT molecular complexity index is 843. The van der Waals surface area contributed by atoms with E-state index in [9.17, 15) is 0 Å². The van der Waals surface area contributed by atoms with Crippen LogP contribution in [0.15, 0.2) is 35.1 Å². The van der Waals surface area contributed by atoms with Gasteiger partial charge in [-0.15, -0.1) is 11.3 Å². The molecule has 6 heteroatoms. The van der Waals surface area contributed by atoms with E-state index in [1.165, 1.54) is 16.0 Å². The van der Waals surface area contributed by atoms with Crippen molar-refractivity contribution in [3.63, 3.8) is 0 Å². The number of nitrogens with one attached hydrogen (secondary N) is 1. The number of fused-ring (bicyclic) bond motifs is 1. The first kappa shape index (κ1) is 18.3. The standard InChI is InChI=1S/C19H23BrN4S/c1-4-15-16(13-6-8-14(20)9-7-13)17-18(21-10-5-11-24(2)3)22-12-23-19(17)25-15/h6-9,12H,4-5,10-11H2,1-3H3,(H,21,22,23). The van der Waals surface area contributed by atoms with Crippen LogP contribution < -0.4 is 5.32 Å². The van der Waals surface area contributed by atoms with Gasteiger partial charge >= 0.3 is 0 Å². The molecule has 2 heterocycles. The number of halogens is 1. The monoisotopic (exact) mass is 418 g/mol. The molecule has 0 spiro atoms. The van der Waals surface area contributed by atoms with Gasteiger partial charge in [0.2, 0.25) is 0 Å². The third-order valence-electron chi connectivity index (χ3n) is 4.09. The highest BCUT2D eigenvalue weighted by molar-refractivity contribution is 9.10. The van der Waals surface area contributed by atoms with Crippen LogP contribution in [0.5, 0.6) is 0 Å². The molecule has 0 aliphatic heterocycles. The largest absolute Gasteiger partial charge is 0.369 e. The minimum atomic E-state index is 0.904. The van der Waals surface area contributed by atoms with E-state index < -0.39 is 0 Å². The molecule has 3 rings (SSSR count). The number of nitrogens with zero attached hydrogens (tertiary/aromatic N) is 3. The van der Waals surface area contributed by atoms with E-state index in [1.54, 1.807) is 17.7 Å². The van der Waals surface area contributed by atoms with Gasteiger partial charge in [-0.1, -0.05) is 35.0 Å². The van der Waals surface area contributed by atoms with Crippen LogP contribution in [0.1, 0.15) is 18.2 Å². The Hall–Kier alpha value is -1.50. The van der Waals surface area contributed by atoms with E-state index in [0.29, 0.717) is 0 Å². The first-order chi connectivity index (χ1) is 12.1. The Morgan fingerprint density at radius 2 is 1.92 bits per heavy atom. The molecule has 3 aromatic rings. The number of hydrogen-bond donors (Lipinski definition) is 1. The lowest BCUT2D eigenvalue weighted by molar-refractivity contribution is 0.405. The summed E-state index contributed by atoms with van der Waals surface area (Å²) in [4.78, 5) is 13.7. The number of aromatic nitrogens is 2. The van der Waals surface area contributed by atoms with Crippen molar-refractivity contribution in [2.45, 2.75) is 19.8 Å². The smallest absolute Gasteiger partial charge is 0.138 e. The second kappa shape index (κ2) is 8.25. The van der Waals surface area contributed by atoms with Gasteiger partial charge in [-0.2, -0.15) is 0 Å². The van der Waals surface area contributed by atoms with Gasteiger partial charge < -0.3 is 10.2 Å². The van der Waals surface area contributed by atoms with Crippen LogP contribution in [0.3, 0.4) is 0 Å². The number of anilines is 1. The molecule has 1 N–H and O–H groups in total. The number of hydrogen-bond acceptors (Lipinski definition) is 5. The molecule has 4 nitrogen and oxygen atoms in total. The summed E-state index contributed by atoms with van der Waals surface area (Å²) in [6.07, 6.45) is 3.74. The Labute approximate surface area is 161 Å². The zero-order valence-corrected chi connectivity index (χ0v) is 17.2. The topological polar surface area (TPSA) is 41.1 Å². The lowest BCUT2D eigenvalue weighted by Crippen LogP contribution is -2.16. The lowest BCUT2D eigenvalue weighted by atomic mass is 10.0. The normalized spacial score (nSPS) is 11.4. The molecule has 2 aromatic heterocycles. The van der Waals surface area contributed by atoms with Crippen LogP contribution in [0, 0.1) is 0 Å². The minimum Gasteiger partial charge on any atom is -0.369 e. The molecule has 0 atom stereocenters. The highest BCUT2D eigenvalue weighted by Crippen LogP contribution is 2.41. The number of rotatable bonds is 7. The number of benzene rings is 1. The quantitative estimate of drug-likeness (QED) is 0.545. The van der Waals surface area contributed by atoms with Crippen molar-refractivity contribution in [3.05, 3.63) is 39.9 Å². The molecule has 0 amide bonds. The predicted octanol–water partition coefficient (Wildman–Crippen LogP) is 5.05. The average molecular weight is 419 g/mol. The molecule has 25 heavy (non-hydrogen) atoms. The summed E-state index contributed by atoms with van der Waals surface area (Å²) >= 11 is 5.29. The third kappa shape index (κ3) is 4.19. The van der Waals surface area contributed by atoms with E-state index in [0.717, 1.165) is 46.4 Å². The second-order valence-corrected chi connectivity index (χ2v) is 8.25. The Balaban J connectivity index is 2.00. The van der Waals surface area contributed by atoms with Gasteiger partial charge in [0.1, 0.15) is 17.0 Å². The summed E-state index contributed by atoms with van der Waals surface area (Å²) in [6, 6.07) is 8.50. The molecular weight excluding hydrogens is 396 g/mol. The van der Waals surface area contributed by atoms with Crippen LogP contribution in [0.2, 0.25) is 0 Å². The average Bonchev–Trinajstić information content (AvgIpc) is 2.98. The maximum Gasteiger partial charge on any atom is 0.138 e. The van der Waals surface area contributed by atoms with Crippen LogP contribution in [-0.4, -0.2) is 42.1 Å². The molecule has 0 fully saturated rings. The Morgan fingerprint density at radius 1 is 1.16 bits per heavy atom. The molecule has 0 radical (unpaired) electrons. The molecular formula is C19H23BrN4S. The van der Waals surface area contributed by atoms with E-state index in [2.05, 4.69) is 81.4 Å². The summed E-state index contributed by atoms with van der Waals surface area (Å²) in [5.74, 6) is 0.942. The molecule has 0 unspecified atom stereocenters. The lowest BCUT2D eigenvalue weighted by Gasteiger charge is -2.11. The van der Waals surface area contributed by atoms with Crippen molar-refractivity contribution in [2.24, 2.45) is 0 Å². The summed E-state index contributed by atoms with van der Waals surface area (Å²) < 4.78 is 1.09. The fourth-order valence-corrected chi connectivity index (χ4v) is 4.25. The van der Waals surface area contributed by atoms with Gasteiger partial charge in [0.15, 0.2) is 0 Å². The fourth-order valence-electron chi connectivity index (χ4n) is 2.89. The molecule has 1 aromatic carbocycles. The summed E-state index contributed by atoms with van der Waals surface area (Å²) in [7, 11) is 4.20. The Morgan fingerprint density at radius 3 is 2.60 bits per heavy atom. The zero-order chi connectivity index (χ0) is 17.8. The summed E-state index contributed by atoms with van der Waals surface area (Å²) in [5, 5.41) is 4.67. The maximum absolute atomic E-state index is 4.54. The Kier molecular flexibility index (Phi) is 6.04. The van der Waals surface area contributed by atoms with Crippen molar-refractivity contribution in [3.8, 4) is 11.1 Å². The summed E-state index contributed by atoms with van der Waals surface area (Å²) in [6.45, 7) is 4.16. The van der Waals surface area contributed by atoms with E-state index in [-0.39, 0.29) is 0 Å². The van der Waals surface area contributed by atoms with Crippen molar-refractivity contribution in [1.82, 2.24) is 14.9 Å². The zero-order valence-electron chi connectivity index (χ0n) is 14.8. The SMILES string of the molecule is CCc1sc2ncnc(NCCCN(C)C)c2c1-c1ccc(Br)cc1. The van der Waals surface area contributed by atoms with E-state index >= 15 is 0 Å². The van der Waals surface area contributed by atoms with Gasteiger partial charge in [-0.3, -0.25) is 0 Å². The molecule has 132 valence electrons. The van der Waals surface area contributed by atoms with Gasteiger partial charge in [-0.25, -0.2) is 9.97 Å². The third-order valence-corrected chi connectivity index (χ3v) is 5.86. The molecule has 0 bridgehead atoms. The first-order valence-electron chi connectivity index (χ1n) is 8.51. The predicted molar refractivity (Wildman–Crippen MR) is 112 cm³/mol. The number of aryl methyl sites for hydroxylation is 1. The van der Waals surface area contributed by atoms with Crippen LogP contribution in [0.4, 0.5) is 5.82 Å². The number of thiophene rings is 1. The van der Waals surface area contributed by atoms with Crippen molar-refractivity contribution in [1.29, 1.82) is 0 Å². The van der Waals surface area contributed by atoms with Gasteiger partial charge in [0, 0.05) is 21.5 Å². The van der Waals surface area contributed by atoms with Crippen LogP contribution in [-0.2, 0) is 6.42 Å². The first-order valence-corrected chi connectivity index (χ1v) is 10.1. The molecule has 0 saturated carbocycles. The minimum absolute atomic E-state index is 0.904. The second-order valence-electron chi connectivity index (χ2n) is 6.25. The van der Waals surface area contributed by atoms with Gasteiger partial charge in [0.05, 0.1) is 5.39 Å². The maximum atomic E-state index is 4.54. The van der Waals surface area contributed by atoms with E-state index in [4.69, 9.17) is 0 Å². The van der Waals surface area contributed by atoms with Crippen LogP contribution in [0.25, 0.3) is 21.3 Å². The van der Waals surface area contributed by atoms with Crippen molar-refractivity contribution < 1.29 is 0 Å².